The molecule has 0 radical (unpaired) electrons. The molecule has 26 heavy (non-hydrogen) atoms. The van der Waals surface area contributed by atoms with Crippen molar-refractivity contribution in [3.8, 4) is 6.07 Å². The van der Waals surface area contributed by atoms with Crippen molar-refractivity contribution in [3.63, 3.8) is 0 Å². The lowest BCUT2D eigenvalue weighted by molar-refractivity contribution is -0.147. The summed E-state index contributed by atoms with van der Waals surface area (Å²) in [7, 11) is 0. The van der Waals surface area contributed by atoms with Gasteiger partial charge in [-0.3, -0.25) is 9.58 Å². The second-order valence-electron chi connectivity index (χ2n) is 5.17. The summed E-state index contributed by atoms with van der Waals surface area (Å²) in [6, 6.07) is 8.92. The zero-order valence-corrected chi connectivity index (χ0v) is 14.3. The zero-order chi connectivity index (χ0) is 18.7. The fourth-order valence-corrected chi connectivity index (χ4v) is 3.11. The van der Waals surface area contributed by atoms with Crippen LogP contribution in [0.3, 0.4) is 0 Å². The highest BCUT2D eigenvalue weighted by atomic mass is 32.2. The number of nitriles is 1. The molecule has 3 rings (SSSR count). The van der Waals surface area contributed by atoms with Crippen molar-refractivity contribution in [3.05, 3.63) is 47.4 Å². The molecule has 0 atom stereocenters. The quantitative estimate of drug-likeness (QED) is 0.797. The highest BCUT2D eigenvalue weighted by Gasteiger charge is 2.38. The molecule has 1 aliphatic rings. The number of hydrogen-bond donors (Lipinski definition) is 1. The lowest BCUT2D eigenvalue weighted by Gasteiger charge is -2.13. The molecule has 2 aromatic rings. The van der Waals surface area contributed by atoms with Crippen molar-refractivity contribution < 1.29 is 18.0 Å². The monoisotopic (exact) mass is 382 g/mol. The summed E-state index contributed by atoms with van der Waals surface area (Å²) >= 11 is 1.09. The molecule has 0 bridgehead atoms. The van der Waals surface area contributed by atoms with Crippen LogP contribution in [0.15, 0.2) is 35.6 Å². The summed E-state index contributed by atoms with van der Waals surface area (Å²) in [5.41, 5.74) is 3.85. The summed E-state index contributed by atoms with van der Waals surface area (Å²) in [6.45, 7) is 1.70. The van der Waals surface area contributed by atoms with Crippen molar-refractivity contribution in [2.75, 3.05) is 5.88 Å². The van der Waals surface area contributed by atoms with E-state index in [9.17, 15) is 13.2 Å². The van der Waals surface area contributed by atoms with E-state index in [1.807, 2.05) is 6.07 Å². The molecule has 2 heterocycles. The molecule has 0 saturated carbocycles. The average molecular weight is 382 g/mol. The van der Waals surface area contributed by atoms with Crippen LogP contribution < -0.4 is 5.59 Å². The van der Waals surface area contributed by atoms with Crippen molar-refractivity contribution in [1.29, 1.82) is 5.26 Å². The second kappa shape index (κ2) is 7.27. The van der Waals surface area contributed by atoms with Crippen LogP contribution in [-0.4, -0.2) is 25.7 Å². The van der Waals surface area contributed by atoms with Gasteiger partial charge in [-0.05, 0) is 19.1 Å². The first-order chi connectivity index (χ1) is 12.4. The third-order valence-corrected chi connectivity index (χ3v) is 4.41. The summed E-state index contributed by atoms with van der Waals surface area (Å²) in [5, 5.41) is 17.5. The van der Waals surface area contributed by atoms with Crippen LogP contribution in [0.4, 0.5) is 13.2 Å². The lowest BCUT2D eigenvalue weighted by Crippen LogP contribution is -2.27. The van der Waals surface area contributed by atoms with E-state index in [4.69, 9.17) is 10.1 Å². The lowest BCUT2D eigenvalue weighted by atomic mass is 10.1. The third kappa shape index (κ3) is 3.76. The number of nitrogens with one attached hydrogen (secondary N) is 1. The number of rotatable bonds is 5. The van der Waals surface area contributed by atoms with E-state index < -0.39 is 12.0 Å². The van der Waals surface area contributed by atoms with Crippen LogP contribution in [0.2, 0.25) is 0 Å². The Kier molecular flexibility index (Phi) is 5.06. The van der Waals surface area contributed by atoms with Gasteiger partial charge in [0.05, 0.1) is 23.7 Å². The van der Waals surface area contributed by atoms with Gasteiger partial charge in [-0.2, -0.15) is 18.4 Å². The molecule has 0 unspecified atom stereocenters. The average Bonchev–Trinajstić information content (AvgIpc) is 3.26. The van der Waals surface area contributed by atoms with E-state index in [0.717, 1.165) is 16.3 Å². The van der Waals surface area contributed by atoms with Gasteiger partial charge < -0.3 is 4.84 Å². The van der Waals surface area contributed by atoms with Gasteiger partial charge >= 0.3 is 6.18 Å². The van der Waals surface area contributed by atoms with E-state index in [1.165, 1.54) is 0 Å². The van der Waals surface area contributed by atoms with Crippen molar-refractivity contribution in [1.82, 2.24) is 25.4 Å². The summed E-state index contributed by atoms with van der Waals surface area (Å²) in [6.07, 6.45) is -2.89. The molecule has 1 aliphatic heterocycles. The maximum Gasteiger partial charge on any atom is 0.451 e. The second-order valence-corrected chi connectivity index (χ2v) is 6.08. The van der Waals surface area contributed by atoms with Gasteiger partial charge in [0.15, 0.2) is 10.9 Å². The minimum Gasteiger partial charge on any atom is -0.387 e. The highest BCUT2D eigenvalue weighted by molar-refractivity contribution is 7.99. The summed E-state index contributed by atoms with van der Waals surface area (Å²) < 4.78 is 39.7. The van der Waals surface area contributed by atoms with Gasteiger partial charge in [-0.1, -0.05) is 29.5 Å². The Morgan fingerprint density at radius 1 is 1.35 bits per heavy atom. The van der Waals surface area contributed by atoms with E-state index in [2.05, 4.69) is 15.8 Å². The largest absolute Gasteiger partial charge is 0.451 e. The molecule has 1 aromatic heterocycles. The number of halogens is 3. The standard InChI is InChI=1S/C15H13F3N6OS/c1-2-24-13(15(16,17)18)20-21-14(24)26-9-23-8-12(25-22-23)11-5-3-4-10(6-11)7-19/h3-6,8,22H,2,9H2,1H3. The number of thioether (sulfide) groups is 1. The molecule has 1 N–H and O–H groups in total. The number of alkyl halides is 3. The number of aromatic nitrogens is 3. The highest BCUT2D eigenvalue weighted by Crippen LogP contribution is 2.31. The van der Waals surface area contributed by atoms with Gasteiger partial charge in [0.1, 0.15) is 0 Å². The number of hydrazine groups is 1. The number of benzene rings is 1. The van der Waals surface area contributed by atoms with Gasteiger partial charge in [0.25, 0.3) is 0 Å². The predicted molar refractivity (Wildman–Crippen MR) is 86.6 cm³/mol. The Labute approximate surface area is 151 Å². The molecule has 0 saturated heterocycles. The third-order valence-electron chi connectivity index (χ3n) is 3.44. The Morgan fingerprint density at radius 2 is 2.15 bits per heavy atom. The first-order valence-corrected chi connectivity index (χ1v) is 8.45. The minimum atomic E-state index is -4.55. The fourth-order valence-electron chi connectivity index (χ4n) is 2.26. The van der Waals surface area contributed by atoms with E-state index in [0.29, 0.717) is 16.9 Å². The van der Waals surface area contributed by atoms with Gasteiger partial charge in [0, 0.05) is 12.1 Å². The minimum absolute atomic E-state index is 0.107. The number of hydrogen-bond acceptors (Lipinski definition) is 7. The van der Waals surface area contributed by atoms with Crippen LogP contribution in [0.25, 0.3) is 5.76 Å². The fraction of sp³-hybridized carbons (Fsp3) is 0.267. The Hall–Kier alpha value is -2.71. The van der Waals surface area contributed by atoms with Crippen LogP contribution >= 0.6 is 11.8 Å². The maximum absolute atomic E-state index is 12.9. The molecular weight excluding hydrogens is 369 g/mol. The number of nitrogens with zero attached hydrogens (tertiary/aromatic N) is 5. The molecule has 0 aliphatic carbocycles. The summed E-state index contributed by atoms with van der Waals surface area (Å²) in [5.74, 6) is -0.273. The van der Waals surface area contributed by atoms with Gasteiger partial charge in [0.2, 0.25) is 5.82 Å². The van der Waals surface area contributed by atoms with Crippen LogP contribution in [0.5, 0.6) is 0 Å². The molecular formula is C15H13F3N6OS. The Balaban J connectivity index is 1.69. The molecule has 0 spiro atoms. The summed E-state index contributed by atoms with van der Waals surface area (Å²) in [4.78, 5) is 5.35. The van der Waals surface area contributed by atoms with Gasteiger partial charge in [-0.25, -0.2) is 0 Å². The van der Waals surface area contributed by atoms with Crippen molar-refractivity contribution >= 4 is 17.5 Å². The van der Waals surface area contributed by atoms with Crippen molar-refractivity contribution in [2.24, 2.45) is 0 Å². The van der Waals surface area contributed by atoms with E-state index in [1.54, 1.807) is 42.4 Å². The smallest absolute Gasteiger partial charge is 0.387 e. The van der Waals surface area contributed by atoms with Gasteiger partial charge in [-0.15, -0.1) is 10.2 Å². The topological polar surface area (TPSA) is 79.0 Å². The SMILES string of the molecule is CCn1c(SCN2C=C(c3cccc(C#N)c3)ON2)nnc1C(F)(F)F. The molecule has 0 amide bonds. The normalized spacial score (nSPS) is 14.1. The molecule has 11 heteroatoms. The van der Waals surface area contributed by atoms with Crippen LogP contribution in [0, 0.1) is 11.3 Å². The molecule has 0 fully saturated rings. The maximum atomic E-state index is 12.9. The zero-order valence-electron chi connectivity index (χ0n) is 13.5. The first kappa shape index (κ1) is 18.1. The molecule has 1 aromatic carbocycles. The van der Waals surface area contributed by atoms with Crippen LogP contribution in [-0.2, 0) is 17.6 Å². The predicted octanol–water partition coefficient (Wildman–Crippen LogP) is 2.99. The van der Waals surface area contributed by atoms with E-state index in [-0.39, 0.29) is 17.6 Å². The Morgan fingerprint density at radius 3 is 2.85 bits per heavy atom. The van der Waals surface area contributed by atoms with Crippen LogP contribution in [0.1, 0.15) is 23.9 Å². The molecule has 7 nitrogen and oxygen atoms in total. The first-order valence-electron chi connectivity index (χ1n) is 7.47. The van der Waals surface area contributed by atoms with E-state index >= 15 is 0 Å². The van der Waals surface area contributed by atoms with Crippen molar-refractivity contribution in [2.45, 2.75) is 24.8 Å². The molecule has 136 valence electrons. The Bertz CT molecular complexity index is 873.